The molecule has 0 unspecified atom stereocenters. The van der Waals surface area contributed by atoms with Gasteiger partial charge in [0.05, 0.1) is 0 Å². The van der Waals surface area contributed by atoms with Crippen LogP contribution in [-0.2, 0) is 11.3 Å². The standard InChI is InChI=1S/C16H15F3N2O/c17-12-5-2-1-4-11(12)10-20-9-8-15(22)21-16-13(18)6-3-7-14(16)19/h1-7,20H,8-10H2,(H,21,22). The molecule has 2 aromatic carbocycles. The fraction of sp³-hybridized carbons (Fsp3) is 0.188. The van der Waals surface area contributed by atoms with E-state index in [0.29, 0.717) is 5.56 Å². The third-order valence-corrected chi connectivity index (χ3v) is 3.03. The highest BCUT2D eigenvalue weighted by Gasteiger charge is 2.11. The van der Waals surface area contributed by atoms with E-state index in [4.69, 9.17) is 0 Å². The van der Waals surface area contributed by atoms with Gasteiger partial charge in [0.2, 0.25) is 5.91 Å². The van der Waals surface area contributed by atoms with E-state index in [2.05, 4.69) is 10.6 Å². The van der Waals surface area contributed by atoms with Crippen LogP contribution in [0.1, 0.15) is 12.0 Å². The molecule has 0 aliphatic heterocycles. The second-order valence-electron chi connectivity index (χ2n) is 4.66. The number of halogens is 3. The number of amides is 1. The molecule has 0 spiro atoms. The molecule has 2 rings (SSSR count). The molecule has 3 nitrogen and oxygen atoms in total. The van der Waals surface area contributed by atoms with Gasteiger partial charge in [-0.15, -0.1) is 0 Å². The largest absolute Gasteiger partial charge is 0.321 e. The average molecular weight is 308 g/mol. The predicted molar refractivity (Wildman–Crippen MR) is 77.7 cm³/mol. The molecule has 0 aliphatic rings. The average Bonchev–Trinajstić information content (AvgIpc) is 2.49. The normalized spacial score (nSPS) is 10.5. The summed E-state index contributed by atoms with van der Waals surface area (Å²) < 4.78 is 40.1. The lowest BCUT2D eigenvalue weighted by molar-refractivity contribution is -0.116. The summed E-state index contributed by atoms with van der Waals surface area (Å²) in [6.07, 6.45) is 0.0161. The lowest BCUT2D eigenvalue weighted by Gasteiger charge is -2.08. The third kappa shape index (κ3) is 4.33. The Balaban J connectivity index is 1.78. The first-order valence-electron chi connectivity index (χ1n) is 6.76. The van der Waals surface area contributed by atoms with Gasteiger partial charge < -0.3 is 10.6 Å². The molecule has 0 saturated carbocycles. The zero-order valence-electron chi connectivity index (χ0n) is 11.7. The molecule has 0 aliphatic carbocycles. The van der Waals surface area contributed by atoms with Gasteiger partial charge in [-0.25, -0.2) is 13.2 Å². The summed E-state index contributed by atoms with van der Waals surface area (Å²) in [5.74, 6) is -2.50. The Bertz CT molecular complexity index is 641. The maximum Gasteiger partial charge on any atom is 0.225 e. The molecule has 0 saturated heterocycles. The zero-order chi connectivity index (χ0) is 15.9. The summed E-state index contributed by atoms with van der Waals surface area (Å²) >= 11 is 0. The number of carbonyl (C=O) groups is 1. The number of hydrogen-bond donors (Lipinski definition) is 2. The van der Waals surface area contributed by atoms with Crippen LogP contribution in [0.2, 0.25) is 0 Å². The van der Waals surface area contributed by atoms with Crippen molar-refractivity contribution in [3.05, 3.63) is 65.5 Å². The van der Waals surface area contributed by atoms with Gasteiger partial charge in [0, 0.05) is 25.1 Å². The first-order valence-corrected chi connectivity index (χ1v) is 6.76. The maximum absolute atomic E-state index is 13.4. The monoisotopic (exact) mass is 308 g/mol. The van der Waals surface area contributed by atoms with E-state index in [0.717, 1.165) is 12.1 Å². The topological polar surface area (TPSA) is 41.1 Å². The summed E-state index contributed by atoms with van der Waals surface area (Å²) in [5.41, 5.74) is 0.0321. The van der Waals surface area contributed by atoms with E-state index < -0.39 is 23.2 Å². The molecule has 0 bridgehead atoms. The third-order valence-electron chi connectivity index (χ3n) is 3.03. The van der Waals surface area contributed by atoms with Gasteiger partial charge in [-0.2, -0.15) is 0 Å². The summed E-state index contributed by atoms with van der Waals surface area (Å²) in [6.45, 7) is 0.532. The van der Waals surface area contributed by atoms with Gasteiger partial charge in [0.15, 0.2) is 0 Å². The van der Waals surface area contributed by atoms with Crippen molar-refractivity contribution in [1.82, 2.24) is 5.32 Å². The van der Waals surface area contributed by atoms with Crippen LogP contribution in [0.25, 0.3) is 0 Å². The minimum atomic E-state index is -0.826. The van der Waals surface area contributed by atoms with Crippen LogP contribution in [-0.4, -0.2) is 12.5 Å². The van der Waals surface area contributed by atoms with E-state index >= 15 is 0 Å². The maximum atomic E-state index is 13.4. The summed E-state index contributed by atoms with van der Waals surface area (Å²) in [4.78, 5) is 11.6. The number of hydrogen-bond acceptors (Lipinski definition) is 2. The minimum absolute atomic E-state index is 0.0161. The second kappa shape index (κ2) is 7.61. The van der Waals surface area contributed by atoms with E-state index in [1.807, 2.05) is 0 Å². The second-order valence-corrected chi connectivity index (χ2v) is 4.66. The van der Waals surface area contributed by atoms with Gasteiger partial charge in [0.1, 0.15) is 23.1 Å². The van der Waals surface area contributed by atoms with Gasteiger partial charge in [-0.1, -0.05) is 24.3 Å². The molecule has 22 heavy (non-hydrogen) atoms. The minimum Gasteiger partial charge on any atom is -0.321 e. The lowest BCUT2D eigenvalue weighted by Crippen LogP contribution is -2.22. The fourth-order valence-electron chi connectivity index (χ4n) is 1.89. The molecule has 0 aromatic heterocycles. The molecule has 116 valence electrons. The van der Waals surface area contributed by atoms with E-state index in [1.54, 1.807) is 18.2 Å². The van der Waals surface area contributed by atoms with Crippen LogP contribution >= 0.6 is 0 Å². The Labute approximate surface area is 126 Å². The Morgan fingerprint density at radius 2 is 1.55 bits per heavy atom. The molecule has 2 N–H and O–H groups in total. The van der Waals surface area contributed by atoms with Crippen molar-refractivity contribution in [2.24, 2.45) is 0 Å². The summed E-state index contributed by atoms with van der Waals surface area (Å²) in [5, 5.41) is 5.09. The Kier molecular flexibility index (Phi) is 5.55. The molecular weight excluding hydrogens is 293 g/mol. The quantitative estimate of drug-likeness (QED) is 0.805. The predicted octanol–water partition coefficient (Wildman–Crippen LogP) is 3.22. The van der Waals surface area contributed by atoms with Crippen molar-refractivity contribution in [3.8, 4) is 0 Å². The molecule has 0 heterocycles. The Hall–Kier alpha value is -2.34. The van der Waals surface area contributed by atoms with Crippen LogP contribution in [0.4, 0.5) is 18.9 Å². The smallest absolute Gasteiger partial charge is 0.225 e. The molecular formula is C16H15F3N2O. The molecule has 6 heteroatoms. The highest BCUT2D eigenvalue weighted by molar-refractivity contribution is 5.91. The van der Waals surface area contributed by atoms with E-state index in [1.165, 1.54) is 12.1 Å². The van der Waals surface area contributed by atoms with E-state index in [-0.39, 0.29) is 25.3 Å². The molecule has 0 atom stereocenters. The van der Waals surface area contributed by atoms with Crippen LogP contribution < -0.4 is 10.6 Å². The fourth-order valence-corrected chi connectivity index (χ4v) is 1.89. The van der Waals surface area contributed by atoms with Crippen LogP contribution in [0.3, 0.4) is 0 Å². The molecule has 2 aromatic rings. The van der Waals surface area contributed by atoms with Crippen molar-refractivity contribution in [1.29, 1.82) is 0 Å². The van der Waals surface area contributed by atoms with Crippen molar-refractivity contribution in [2.75, 3.05) is 11.9 Å². The number of rotatable bonds is 6. The molecule has 1 amide bonds. The highest BCUT2D eigenvalue weighted by atomic mass is 19.1. The van der Waals surface area contributed by atoms with Crippen molar-refractivity contribution < 1.29 is 18.0 Å². The number of nitrogens with one attached hydrogen (secondary N) is 2. The van der Waals surface area contributed by atoms with Crippen LogP contribution in [0, 0.1) is 17.5 Å². The number of carbonyl (C=O) groups excluding carboxylic acids is 1. The van der Waals surface area contributed by atoms with Gasteiger partial charge in [-0.05, 0) is 18.2 Å². The van der Waals surface area contributed by atoms with Crippen molar-refractivity contribution in [2.45, 2.75) is 13.0 Å². The van der Waals surface area contributed by atoms with Gasteiger partial charge >= 0.3 is 0 Å². The van der Waals surface area contributed by atoms with Crippen LogP contribution in [0.15, 0.2) is 42.5 Å². The Morgan fingerprint density at radius 3 is 2.23 bits per heavy atom. The SMILES string of the molecule is O=C(CCNCc1ccccc1F)Nc1c(F)cccc1F. The van der Waals surface area contributed by atoms with Crippen LogP contribution in [0.5, 0.6) is 0 Å². The lowest BCUT2D eigenvalue weighted by atomic mass is 10.2. The molecule has 0 fully saturated rings. The number of anilines is 1. The number of benzene rings is 2. The first-order chi connectivity index (χ1) is 10.6. The van der Waals surface area contributed by atoms with Crippen molar-refractivity contribution in [3.63, 3.8) is 0 Å². The van der Waals surface area contributed by atoms with Gasteiger partial charge in [0.25, 0.3) is 0 Å². The van der Waals surface area contributed by atoms with Gasteiger partial charge in [-0.3, -0.25) is 4.79 Å². The first kappa shape index (κ1) is 16.0. The summed E-state index contributed by atoms with van der Waals surface area (Å²) in [7, 11) is 0. The van der Waals surface area contributed by atoms with Crippen molar-refractivity contribution >= 4 is 11.6 Å². The molecule has 0 radical (unpaired) electrons. The summed E-state index contributed by atoms with van der Waals surface area (Å²) in [6, 6.07) is 9.64. The van der Waals surface area contributed by atoms with E-state index in [9.17, 15) is 18.0 Å². The Morgan fingerprint density at radius 1 is 0.909 bits per heavy atom. The zero-order valence-corrected chi connectivity index (χ0v) is 11.7. The highest BCUT2D eigenvalue weighted by Crippen LogP contribution is 2.17. The number of para-hydroxylation sites is 1.